The van der Waals surface area contributed by atoms with Gasteiger partial charge in [-0.15, -0.1) is 0 Å². The highest BCUT2D eigenvalue weighted by molar-refractivity contribution is 4.79. The van der Waals surface area contributed by atoms with Crippen molar-refractivity contribution in [3.8, 4) is 0 Å². The van der Waals surface area contributed by atoms with Crippen molar-refractivity contribution in [3.05, 3.63) is 0 Å². The molecule has 2 aliphatic rings. The van der Waals surface area contributed by atoms with Gasteiger partial charge in [0.05, 0.1) is 19.3 Å². The molecule has 1 aliphatic carbocycles. The fourth-order valence-corrected chi connectivity index (χ4v) is 3.51. The number of β-amino-alcohol motifs (C(OH)–C–C–N with tert-alkyl or cyclic N) is 1. The van der Waals surface area contributed by atoms with Gasteiger partial charge in [0.1, 0.15) is 0 Å². The molecule has 2 fully saturated rings. The van der Waals surface area contributed by atoms with Crippen molar-refractivity contribution in [2.45, 2.75) is 57.6 Å². The molecule has 1 unspecified atom stereocenters. The van der Waals surface area contributed by atoms with Gasteiger partial charge in [0.15, 0.2) is 0 Å². The molecule has 118 valence electrons. The molecule has 1 saturated carbocycles. The molecule has 0 amide bonds. The lowest BCUT2D eigenvalue weighted by molar-refractivity contribution is 0.0141. The van der Waals surface area contributed by atoms with Gasteiger partial charge < -0.3 is 15.2 Å². The third-order valence-corrected chi connectivity index (χ3v) is 4.76. The highest BCUT2D eigenvalue weighted by atomic mass is 16.5. The fourth-order valence-electron chi connectivity index (χ4n) is 3.51. The molecule has 4 heteroatoms. The van der Waals surface area contributed by atoms with Crippen molar-refractivity contribution in [2.75, 3.05) is 39.4 Å². The zero-order chi connectivity index (χ0) is 14.2. The number of morpholine rings is 1. The van der Waals surface area contributed by atoms with Crippen molar-refractivity contribution >= 4 is 0 Å². The molecule has 2 rings (SSSR count). The zero-order valence-corrected chi connectivity index (χ0v) is 13.0. The van der Waals surface area contributed by atoms with E-state index in [1.165, 1.54) is 38.5 Å². The number of rotatable bonds is 7. The Balaban J connectivity index is 1.55. The van der Waals surface area contributed by atoms with Gasteiger partial charge in [0, 0.05) is 32.2 Å². The van der Waals surface area contributed by atoms with Crippen molar-refractivity contribution in [2.24, 2.45) is 5.92 Å². The summed E-state index contributed by atoms with van der Waals surface area (Å²) in [7, 11) is 0. The Morgan fingerprint density at radius 3 is 2.55 bits per heavy atom. The minimum absolute atomic E-state index is 0.249. The number of ether oxygens (including phenoxy) is 1. The van der Waals surface area contributed by atoms with Crippen molar-refractivity contribution in [1.82, 2.24) is 10.2 Å². The predicted molar refractivity (Wildman–Crippen MR) is 81.9 cm³/mol. The van der Waals surface area contributed by atoms with E-state index in [2.05, 4.69) is 17.1 Å². The third-order valence-electron chi connectivity index (χ3n) is 4.76. The average molecular weight is 284 g/mol. The Kier molecular flexibility index (Phi) is 7.28. The molecule has 20 heavy (non-hydrogen) atoms. The monoisotopic (exact) mass is 284 g/mol. The van der Waals surface area contributed by atoms with Gasteiger partial charge in [0.2, 0.25) is 0 Å². The standard InChI is InChI=1S/C16H32N2O2/c1-2-3-14-4-6-15(7-5-14)17-12-16(19)13-18-8-10-20-11-9-18/h14-17,19H,2-13H2,1H3. The van der Waals surface area contributed by atoms with Crippen molar-refractivity contribution in [3.63, 3.8) is 0 Å². The highest BCUT2D eigenvalue weighted by Crippen LogP contribution is 2.27. The number of aliphatic hydroxyl groups excluding tert-OH is 1. The smallest absolute Gasteiger partial charge is 0.0791 e. The lowest BCUT2D eigenvalue weighted by atomic mass is 9.83. The summed E-state index contributed by atoms with van der Waals surface area (Å²) in [6, 6.07) is 0.627. The molecule has 0 aromatic carbocycles. The second kappa shape index (κ2) is 8.98. The van der Waals surface area contributed by atoms with Crippen molar-refractivity contribution < 1.29 is 9.84 Å². The van der Waals surface area contributed by atoms with E-state index in [9.17, 15) is 5.11 Å². The topological polar surface area (TPSA) is 44.7 Å². The maximum absolute atomic E-state index is 10.1. The van der Waals surface area contributed by atoms with Gasteiger partial charge in [-0.25, -0.2) is 0 Å². The Bertz CT molecular complexity index is 249. The summed E-state index contributed by atoms with van der Waals surface area (Å²) >= 11 is 0. The van der Waals surface area contributed by atoms with Crippen LogP contribution in [-0.4, -0.2) is 61.5 Å². The Labute approximate surface area is 123 Å². The molecule has 4 nitrogen and oxygen atoms in total. The first kappa shape index (κ1) is 16.2. The molecule has 0 spiro atoms. The molecule has 0 aromatic heterocycles. The van der Waals surface area contributed by atoms with E-state index in [1.54, 1.807) is 0 Å². The normalized spacial score (nSPS) is 30.3. The van der Waals surface area contributed by atoms with E-state index in [0.717, 1.165) is 45.3 Å². The van der Waals surface area contributed by atoms with Gasteiger partial charge in [0.25, 0.3) is 0 Å². The van der Waals surface area contributed by atoms with Crippen LogP contribution in [0.25, 0.3) is 0 Å². The van der Waals surface area contributed by atoms with E-state index in [0.29, 0.717) is 6.04 Å². The first-order valence-electron chi connectivity index (χ1n) is 8.49. The van der Waals surface area contributed by atoms with Crippen LogP contribution < -0.4 is 5.32 Å². The Hall–Kier alpha value is -0.160. The maximum Gasteiger partial charge on any atom is 0.0791 e. The number of hydrogen-bond donors (Lipinski definition) is 2. The quantitative estimate of drug-likeness (QED) is 0.746. The lowest BCUT2D eigenvalue weighted by Gasteiger charge is -2.31. The van der Waals surface area contributed by atoms with E-state index in [-0.39, 0.29) is 6.10 Å². The van der Waals surface area contributed by atoms with E-state index < -0.39 is 0 Å². The van der Waals surface area contributed by atoms with E-state index in [1.807, 2.05) is 0 Å². The Morgan fingerprint density at radius 1 is 1.20 bits per heavy atom. The second-order valence-electron chi connectivity index (χ2n) is 6.48. The van der Waals surface area contributed by atoms with Crippen LogP contribution in [-0.2, 0) is 4.74 Å². The predicted octanol–water partition coefficient (Wildman–Crippen LogP) is 1.63. The molecule has 1 heterocycles. The molecule has 1 atom stereocenters. The molecular formula is C16H32N2O2. The maximum atomic E-state index is 10.1. The van der Waals surface area contributed by atoms with E-state index in [4.69, 9.17) is 4.74 Å². The minimum atomic E-state index is -0.249. The number of nitrogens with one attached hydrogen (secondary N) is 1. The van der Waals surface area contributed by atoms with Crippen LogP contribution in [0.2, 0.25) is 0 Å². The van der Waals surface area contributed by atoms with Crippen LogP contribution in [0, 0.1) is 5.92 Å². The van der Waals surface area contributed by atoms with Gasteiger partial charge in [-0.3, -0.25) is 4.90 Å². The van der Waals surface area contributed by atoms with Gasteiger partial charge in [-0.1, -0.05) is 19.8 Å². The van der Waals surface area contributed by atoms with Gasteiger partial charge >= 0.3 is 0 Å². The Morgan fingerprint density at radius 2 is 1.90 bits per heavy atom. The van der Waals surface area contributed by atoms with Gasteiger partial charge in [-0.2, -0.15) is 0 Å². The van der Waals surface area contributed by atoms with Crippen LogP contribution in [0.3, 0.4) is 0 Å². The summed E-state index contributed by atoms with van der Waals surface area (Å²) < 4.78 is 5.33. The van der Waals surface area contributed by atoms with Crippen LogP contribution >= 0.6 is 0 Å². The third kappa shape index (κ3) is 5.68. The van der Waals surface area contributed by atoms with Gasteiger partial charge in [-0.05, 0) is 31.6 Å². The van der Waals surface area contributed by atoms with E-state index >= 15 is 0 Å². The number of hydrogen-bond acceptors (Lipinski definition) is 4. The first-order chi connectivity index (χ1) is 9.78. The highest BCUT2D eigenvalue weighted by Gasteiger charge is 2.21. The zero-order valence-electron chi connectivity index (χ0n) is 13.0. The molecule has 0 bridgehead atoms. The summed E-state index contributed by atoms with van der Waals surface area (Å²) in [5, 5.41) is 13.7. The SMILES string of the molecule is CCCC1CCC(NCC(O)CN2CCOCC2)CC1. The molecule has 1 aliphatic heterocycles. The summed E-state index contributed by atoms with van der Waals surface area (Å²) in [6.07, 6.45) is 7.77. The molecular weight excluding hydrogens is 252 g/mol. The molecule has 0 aromatic rings. The molecule has 1 saturated heterocycles. The molecule has 2 N–H and O–H groups in total. The number of aliphatic hydroxyl groups is 1. The summed E-state index contributed by atoms with van der Waals surface area (Å²) in [4.78, 5) is 2.30. The van der Waals surface area contributed by atoms with Crippen molar-refractivity contribution in [1.29, 1.82) is 0 Å². The largest absolute Gasteiger partial charge is 0.390 e. The number of nitrogens with zero attached hydrogens (tertiary/aromatic N) is 1. The minimum Gasteiger partial charge on any atom is -0.390 e. The lowest BCUT2D eigenvalue weighted by Crippen LogP contribution is -2.45. The average Bonchev–Trinajstić information content (AvgIpc) is 2.48. The summed E-state index contributed by atoms with van der Waals surface area (Å²) in [5.41, 5.74) is 0. The molecule has 0 radical (unpaired) electrons. The van der Waals surface area contributed by atoms with Crippen LogP contribution in [0.5, 0.6) is 0 Å². The van der Waals surface area contributed by atoms with Crippen LogP contribution in [0.4, 0.5) is 0 Å². The summed E-state index contributed by atoms with van der Waals surface area (Å²) in [5.74, 6) is 0.955. The van der Waals surface area contributed by atoms with Crippen LogP contribution in [0.1, 0.15) is 45.4 Å². The first-order valence-corrected chi connectivity index (χ1v) is 8.49. The fraction of sp³-hybridized carbons (Fsp3) is 1.00. The second-order valence-corrected chi connectivity index (χ2v) is 6.48. The van der Waals surface area contributed by atoms with Crippen LogP contribution in [0.15, 0.2) is 0 Å². The summed E-state index contributed by atoms with van der Waals surface area (Å²) in [6.45, 7) is 7.33.